The van der Waals surface area contributed by atoms with E-state index < -0.39 is 33.0 Å². The normalized spacial score (nSPS) is 26.0. The second kappa shape index (κ2) is 10.1. The van der Waals surface area contributed by atoms with Gasteiger partial charge in [0.15, 0.2) is 0 Å². The van der Waals surface area contributed by atoms with Gasteiger partial charge in [-0.15, -0.1) is 0 Å². The summed E-state index contributed by atoms with van der Waals surface area (Å²) >= 11 is 0. The predicted molar refractivity (Wildman–Crippen MR) is 367 cm³/mol. The number of rotatable bonds is 5. The molecule has 4 unspecified atom stereocenters. The van der Waals surface area contributed by atoms with Crippen LogP contribution in [0.5, 0.6) is 0 Å². The summed E-state index contributed by atoms with van der Waals surface area (Å²) < 4.78 is 84.0. The minimum absolute atomic E-state index is 0.292. The highest BCUT2D eigenvalue weighted by atomic mass is 19.1. The molecule has 26 aromatic carbocycles. The van der Waals surface area contributed by atoms with Crippen LogP contribution in [0, 0.1) is 35.0 Å². The van der Waals surface area contributed by atoms with Crippen molar-refractivity contribution < 1.29 is 22.0 Å². The molecule has 0 aromatic heterocycles. The monoisotopic (exact) mass is 1200 g/mol. The van der Waals surface area contributed by atoms with Gasteiger partial charge in [-0.1, -0.05) is 60.7 Å². The zero-order chi connectivity index (χ0) is 59.2. The molecule has 416 valence electrons. The number of halogens is 5. The zero-order valence-corrected chi connectivity index (χ0v) is 48.5. The van der Waals surface area contributed by atoms with E-state index >= 15 is 22.0 Å². The average Bonchev–Trinajstić information content (AvgIpc) is 1.37. The van der Waals surface area contributed by atoms with Gasteiger partial charge in [0.25, 0.3) is 0 Å². The van der Waals surface area contributed by atoms with Gasteiger partial charge in [0, 0.05) is 5.92 Å². The molecule has 4 atom stereocenters. The van der Waals surface area contributed by atoms with Gasteiger partial charge in [0.1, 0.15) is 29.1 Å². The molecule has 0 spiro atoms. The lowest BCUT2D eigenvalue weighted by Gasteiger charge is -2.60. The first kappa shape index (κ1) is 40.7. The summed E-state index contributed by atoms with van der Waals surface area (Å²) in [6.07, 6.45) is 0. The summed E-state index contributed by atoms with van der Waals surface area (Å²) in [4.78, 5) is 0. The van der Waals surface area contributed by atoms with Crippen molar-refractivity contribution in [3.8, 4) is 0 Å². The van der Waals surface area contributed by atoms with Crippen molar-refractivity contribution in [1.82, 2.24) is 0 Å². The Hall–Kier alpha value is -11.3. The maximum atomic E-state index is 16.8. The molecule has 0 aliphatic heterocycles. The van der Waals surface area contributed by atoms with Gasteiger partial charge >= 0.3 is 0 Å². The van der Waals surface area contributed by atoms with E-state index in [1.54, 1.807) is 60.7 Å². The fourth-order valence-corrected chi connectivity index (χ4v) is 30.4. The van der Waals surface area contributed by atoms with Gasteiger partial charge < -0.3 is 0 Å². The molecule has 11 aliphatic rings. The highest BCUT2D eigenvalue weighted by Crippen LogP contribution is 2.93. The number of benzene rings is 20. The zero-order valence-electron chi connectivity index (χ0n) is 48.5. The SMILES string of the molecule is Fc1ccc(C23C4=C5C6C7=C4C4(c8ccc(F)cc8)c8c2c2c9c3c3c%10c%11c(c%12c%13c%14c(c%15c%16c%17c(c4c4c8c8c2c2c%18c9c%10c9c%10c%11c%13c%11c%13c%14c%16c%14c%16c%17c4c4c8c2c2c(c%189)c(c%10%11)c(c%14%13)c2c4%16)C7%15c2ccc(F)cc2)C%126c2ccc(F)cc2)C53c2ccc(F)cc2)cc1. The van der Waals surface area contributed by atoms with Crippen LogP contribution in [-0.2, 0) is 27.1 Å². The fourth-order valence-electron chi connectivity index (χ4n) is 30.4. The highest BCUT2D eigenvalue weighted by molar-refractivity contribution is 6.77. The van der Waals surface area contributed by atoms with Gasteiger partial charge in [-0.25, -0.2) is 22.0 Å². The Balaban J connectivity index is 1.04. The second-order valence-corrected chi connectivity index (χ2v) is 32.1. The molecule has 0 radical (unpaired) electrons. The Kier molecular flexibility index (Phi) is 4.33. The Bertz CT molecular complexity index is 8270. The largest absolute Gasteiger partial charge is 0.207 e. The van der Waals surface area contributed by atoms with Gasteiger partial charge in [-0.05, 0) is 382 Å². The van der Waals surface area contributed by atoms with Crippen molar-refractivity contribution in [2.24, 2.45) is 5.92 Å². The number of hydrogen-bond donors (Lipinski definition) is 0. The molecular formula is C90H21F5. The minimum atomic E-state index is -1.08. The predicted octanol–water partition coefficient (Wildman–Crippen LogP) is 21.8. The van der Waals surface area contributed by atoms with Crippen molar-refractivity contribution in [3.63, 3.8) is 0 Å². The second-order valence-electron chi connectivity index (χ2n) is 32.1. The lowest BCUT2D eigenvalue weighted by Crippen LogP contribution is -2.57. The summed E-state index contributed by atoms with van der Waals surface area (Å²) in [6.45, 7) is 0. The van der Waals surface area contributed by atoms with Gasteiger partial charge in [0.05, 0.1) is 27.1 Å². The summed E-state index contributed by atoms with van der Waals surface area (Å²) in [5.41, 5.74) is 18.0. The maximum Gasteiger partial charge on any atom is 0.123 e. The Labute approximate surface area is 523 Å². The lowest BCUT2D eigenvalue weighted by atomic mass is 9.40. The van der Waals surface area contributed by atoms with Crippen molar-refractivity contribution in [3.05, 3.63) is 256 Å². The van der Waals surface area contributed by atoms with E-state index in [0.717, 1.165) is 27.8 Å². The van der Waals surface area contributed by atoms with Crippen LogP contribution >= 0.6 is 0 Å². The highest BCUT2D eigenvalue weighted by Gasteiger charge is 2.83. The fraction of sp³-hybridized carbons (Fsp3) is 0.0667. The smallest absolute Gasteiger partial charge is 0.123 e. The molecular weight excluding hydrogens is 1180 g/mol. The number of hydrogen-bond acceptors (Lipinski definition) is 0. The van der Waals surface area contributed by atoms with E-state index in [-0.39, 0.29) is 29.1 Å². The molecule has 26 aromatic rings. The van der Waals surface area contributed by atoms with Crippen LogP contribution in [0.3, 0.4) is 0 Å². The Morgan fingerprint density at radius 2 is 0.326 bits per heavy atom. The third-order valence-corrected chi connectivity index (χ3v) is 31.1. The molecule has 11 aliphatic carbocycles. The van der Waals surface area contributed by atoms with E-state index in [1.165, 1.54) is 293 Å². The van der Waals surface area contributed by atoms with Crippen LogP contribution in [0.4, 0.5) is 22.0 Å². The molecule has 37 rings (SSSR count). The Morgan fingerprint density at radius 1 is 0.168 bits per heavy atom. The van der Waals surface area contributed by atoms with Crippen LogP contribution in [-0.4, -0.2) is 0 Å². The van der Waals surface area contributed by atoms with Crippen LogP contribution in [0.1, 0.15) is 83.5 Å². The third-order valence-electron chi connectivity index (χ3n) is 31.1. The molecule has 0 saturated heterocycles. The summed E-state index contributed by atoms with van der Waals surface area (Å²) in [7, 11) is 0. The first-order chi connectivity index (χ1) is 46.8. The topological polar surface area (TPSA) is 0 Å². The summed E-state index contributed by atoms with van der Waals surface area (Å²) in [5.74, 6) is -1.98. The molecule has 0 bridgehead atoms. The first-order valence-electron chi connectivity index (χ1n) is 33.9. The van der Waals surface area contributed by atoms with Crippen LogP contribution in [0.25, 0.3) is 215 Å². The van der Waals surface area contributed by atoms with Crippen molar-refractivity contribution >= 4 is 215 Å². The lowest BCUT2D eigenvalue weighted by molar-refractivity contribution is 0.368. The maximum absolute atomic E-state index is 16.8. The van der Waals surface area contributed by atoms with Crippen LogP contribution in [0.15, 0.2) is 144 Å². The van der Waals surface area contributed by atoms with Crippen molar-refractivity contribution in [2.75, 3.05) is 0 Å². The molecule has 0 saturated carbocycles. The van der Waals surface area contributed by atoms with E-state index in [4.69, 9.17) is 0 Å². The standard InChI is InChI=1S/C90H21F5/c91-26-11-1-21(2-12-26)86-71-61-51-41-36-31-32-34-35-33(31)38-45-43(36)53(51)63-65-55(45)57-47(38)49-40(35)50-48-39(34)46-44-37(32)42(41)52-54(44)64-66-56(46)58(48)68-70-60(50)59(49)69-67(57)77-75(65)87(73(63)71,22-3-13-27(92)14-4-22)82-81(86)83-85-84(82)89(77,24-7-17-29(94)18-8-24)79(69)80(70)90(85,25-9-19-30(95)20-10-25)78(68)76(66)88(83,74(64)72(86)62(52)61)23-5-15-28(93)16-6-23/h1-20,81H. The van der Waals surface area contributed by atoms with Crippen LogP contribution in [0.2, 0.25) is 0 Å². The molecule has 95 heavy (non-hydrogen) atoms. The van der Waals surface area contributed by atoms with Gasteiger partial charge in [-0.2, -0.15) is 0 Å². The molecule has 5 heteroatoms. The van der Waals surface area contributed by atoms with Crippen LogP contribution < -0.4 is 0 Å². The van der Waals surface area contributed by atoms with E-state index in [0.29, 0.717) is 0 Å². The quantitative estimate of drug-likeness (QED) is 0.119. The molecule has 0 fully saturated rings. The van der Waals surface area contributed by atoms with Crippen molar-refractivity contribution in [1.29, 1.82) is 0 Å². The first-order valence-corrected chi connectivity index (χ1v) is 33.9. The summed E-state index contributed by atoms with van der Waals surface area (Å²) in [6, 6.07) is 38.7. The van der Waals surface area contributed by atoms with E-state index in [1.807, 2.05) is 0 Å². The summed E-state index contributed by atoms with van der Waals surface area (Å²) in [5, 5.41) is 55.5. The molecule has 0 N–H and O–H groups in total. The van der Waals surface area contributed by atoms with Crippen molar-refractivity contribution in [2.45, 2.75) is 27.1 Å². The van der Waals surface area contributed by atoms with E-state index in [2.05, 4.69) is 60.7 Å². The van der Waals surface area contributed by atoms with Gasteiger partial charge in [0.2, 0.25) is 0 Å². The van der Waals surface area contributed by atoms with E-state index in [9.17, 15) is 0 Å². The minimum Gasteiger partial charge on any atom is -0.207 e. The molecule has 0 nitrogen and oxygen atoms in total. The van der Waals surface area contributed by atoms with Gasteiger partial charge in [-0.3, -0.25) is 0 Å². The average molecular weight is 1200 g/mol. The Morgan fingerprint density at radius 3 is 0.547 bits per heavy atom. The third kappa shape index (κ3) is 2.56. The molecule has 0 heterocycles. The molecule has 0 amide bonds. The number of allylic oxidation sites excluding steroid dienone is 4.